The van der Waals surface area contributed by atoms with Gasteiger partial charge in [-0.2, -0.15) is 5.10 Å². The minimum atomic E-state index is 0.816. The van der Waals surface area contributed by atoms with Gasteiger partial charge in [-0.1, -0.05) is 0 Å². The van der Waals surface area contributed by atoms with Gasteiger partial charge in [-0.25, -0.2) is 5.48 Å². The molecular weight excluding hydrogens is 142 g/mol. The number of hydrogen-bond donors (Lipinski definition) is 1. The molecule has 0 bridgehead atoms. The van der Waals surface area contributed by atoms with Crippen molar-refractivity contribution in [3.05, 3.63) is 18.0 Å². The van der Waals surface area contributed by atoms with E-state index in [9.17, 15) is 0 Å². The van der Waals surface area contributed by atoms with Crippen LogP contribution in [0.1, 0.15) is 5.69 Å². The molecule has 1 aromatic rings. The predicted octanol–water partition coefficient (Wildman–Crippen LogP) is 0.114. The van der Waals surface area contributed by atoms with Crippen LogP contribution in [0.4, 0.5) is 0 Å². The Bertz CT molecular complexity index is 209. The highest BCUT2D eigenvalue weighted by molar-refractivity contribution is 4.99. The molecule has 1 aromatic heterocycles. The van der Waals surface area contributed by atoms with Crippen LogP contribution in [0, 0.1) is 0 Å². The third-order valence-corrected chi connectivity index (χ3v) is 1.55. The Kier molecular flexibility index (Phi) is 3.07. The maximum absolute atomic E-state index is 4.70. The summed E-state index contributed by atoms with van der Waals surface area (Å²) in [5, 5.41) is 4.04. The quantitative estimate of drug-likeness (QED) is 0.495. The zero-order chi connectivity index (χ0) is 8.10. The van der Waals surface area contributed by atoms with Crippen LogP contribution in [0.5, 0.6) is 0 Å². The smallest absolute Gasteiger partial charge is 0.0572 e. The van der Waals surface area contributed by atoms with Crippen molar-refractivity contribution in [2.45, 2.75) is 6.42 Å². The molecule has 1 rings (SSSR count). The maximum Gasteiger partial charge on any atom is 0.0572 e. The first kappa shape index (κ1) is 8.23. The van der Waals surface area contributed by atoms with Gasteiger partial charge in [0.1, 0.15) is 0 Å². The molecule has 4 heteroatoms. The molecule has 0 saturated carbocycles. The van der Waals surface area contributed by atoms with Crippen molar-refractivity contribution in [1.29, 1.82) is 0 Å². The topological polar surface area (TPSA) is 39.1 Å². The van der Waals surface area contributed by atoms with Gasteiger partial charge in [0.2, 0.25) is 0 Å². The molecule has 0 aromatic carbocycles. The molecule has 0 aliphatic carbocycles. The van der Waals surface area contributed by atoms with Crippen molar-refractivity contribution >= 4 is 0 Å². The predicted molar refractivity (Wildman–Crippen MR) is 41.9 cm³/mol. The SMILES string of the molecule is CONCCc1ccnn1C. The van der Waals surface area contributed by atoms with E-state index in [4.69, 9.17) is 4.84 Å². The van der Waals surface area contributed by atoms with E-state index in [1.165, 1.54) is 5.69 Å². The molecular formula is C7H13N3O. The summed E-state index contributed by atoms with van der Waals surface area (Å²) in [6.45, 7) is 0.816. The van der Waals surface area contributed by atoms with Gasteiger partial charge in [0.15, 0.2) is 0 Å². The number of nitrogens with zero attached hydrogens (tertiary/aromatic N) is 2. The second kappa shape index (κ2) is 4.10. The lowest BCUT2D eigenvalue weighted by Gasteiger charge is -2.01. The molecule has 1 N–H and O–H groups in total. The molecule has 0 spiro atoms. The molecule has 0 aliphatic heterocycles. The molecule has 0 radical (unpaired) electrons. The van der Waals surface area contributed by atoms with E-state index in [-0.39, 0.29) is 0 Å². The van der Waals surface area contributed by atoms with Crippen LogP contribution in [0.15, 0.2) is 12.3 Å². The van der Waals surface area contributed by atoms with Gasteiger partial charge < -0.3 is 4.84 Å². The number of hydroxylamine groups is 1. The summed E-state index contributed by atoms with van der Waals surface area (Å²) in [4.78, 5) is 4.70. The number of nitrogens with one attached hydrogen (secondary N) is 1. The molecule has 0 amide bonds. The van der Waals surface area contributed by atoms with E-state index < -0.39 is 0 Å². The first-order valence-corrected chi connectivity index (χ1v) is 3.57. The molecule has 62 valence electrons. The Morgan fingerprint density at radius 2 is 2.55 bits per heavy atom. The summed E-state index contributed by atoms with van der Waals surface area (Å²) in [6.07, 6.45) is 2.73. The van der Waals surface area contributed by atoms with Crippen LogP contribution < -0.4 is 5.48 Å². The zero-order valence-electron chi connectivity index (χ0n) is 6.87. The summed E-state index contributed by atoms with van der Waals surface area (Å²) >= 11 is 0. The van der Waals surface area contributed by atoms with Gasteiger partial charge >= 0.3 is 0 Å². The summed E-state index contributed by atoms with van der Waals surface area (Å²) in [6, 6.07) is 2.00. The summed E-state index contributed by atoms with van der Waals surface area (Å²) in [7, 11) is 3.55. The largest absolute Gasteiger partial charge is 0.305 e. The van der Waals surface area contributed by atoms with Crippen LogP contribution >= 0.6 is 0 Å². The lowest BCUT2D eigenvalue weighted by atomic mass is 10.3. The molecule has 0 aliphatic rings. The van der Waals surface area contributed by atoms with Crippen LogP contribution in [0.3, 0.4) is 0 Å². The van der Waals surface area contributed by atoms with Crippen molar-refractivity contribution < 1.29 is 4.84 Å². The summed E-state index contributed by atoms with van der Waals surface area (Å²) < 4.78 is 1.86. The van der Waals surface area contributed by atoms with E-state index in [2.05, 4.69) is 10.6 Å². The first-order chi connectivity index (χ1) is 5.34. The lowest BCUT2D eigenvalue weighted by molar-refractivity contribution is 0.0924. The lowest BCUT2D eigenvalue weighted by Crippen LogP contribution is -2.16. The fourth-order valence-electron chi connectivity index (χ4n) is 0.928. The Morgan fingerprint density at radius 1 is 1.73 bits per heavy atom. The van der Waals surface area contributed by atoms with Crippen molar-refractivity contribution in [2.24, 2.45) is 7.05 Å². The number of hydrogen-bond acceptors (Lipinski definition) is 3. The number of aryl methyl sites for hydroxylation is 1. The highest BCUT2D eigenvalue weighted by atomic mass is 16.6. The van der Waals surface area contributed by atoms with Crippen LogP contribution in [0.2, 0.25) is 0 Å². The average Bonchev–Trinajstić information content (AvgIpc) is 2.37. The van der Waals surface area contributed by atoms with Crippen molar-refractivity contribution in [3.63, 3.8) is 0 Å². The van der Waals surface area contributed by atoms with Crippen molar-refractivity contribution in [2.75, 3.05) is 13.7 Å². The van der Waals surface area contributed by atoms with Gasteiger partial charge in [-0.05, 0) is 6.07 Å². The molecule has 0 unspecified atom stereocenters. The maximum atomic E-state index is 4.70. The minimum absolute atomic E-state index is 0.816. The van der Waals surface area contributed by atoms with Gasteiger partial charge in [0.25, 0.3) is 0 Å². The number of aromatic nitrogens is 2. The standard InChI is InChI=1S/C7H13N3O/c1-10-7(3-5-8-10)4-6-9-11-2/h3,5,9H,4,6H2,1-2H3. The Balaban J connectivity index is 2.32. The monoisotopic (exact) mass is 155 g/mol. The van der Waals surface area contributed by atoms with Crippen LogP contribution in [0.25, 0.3) is 0 Å². The van der Waals surface area contributed by atoms with Gasteiger partial charge in [-0.3, -0.25) is 4.68 Å². The Hall–Kier alpha value is -0.870. The molecule has 1 heterocycles. The molecule has 4 nitrogen and oxygen atoms in total. The molecule has 0 fully saturated rings. The highest BCUT2D eigenvalue weighted by Crippen LogP contribution is 1.95. The third kappa shape index (κ3) is 2.32. The normalized spacial score (nSPS) is 10.4. The van der Waals surface area contributed by atoms with E-state index in [1.54, 1.807) is 13.3 Å². The second-order valence-corrected chi connectivity index (χ2v) is 2.29. The Labute approximate surface area is 66.1 Å². The fourth-order valence-corrected chi connectivity index (χ4v) is 0.928. The molecule has 11 heavy (non-hydrogen) atoms. The number of rotatable bonds is 4. The minimum Gasteiger partial charge on any atom is -0.305 e. The van der Waals surface area contributed by atoms with Gasteiger partial charge in [-0.15, -0.1) is 0 Å². The Morgan fingerprint density at radius 3 is 3.09 bits per heavy atom. The molecule has 0 saturated heterocycles. The molecule has 0 atom stereocenters. The van der Waals surface area contributed by atoms with Crippen LogP contribution in [-0.2, 0) is 18.3 Å². The van der Waals surface area contributed by atoms with Crippen molar-refractivity contribution in [1.82, 2.24) is 15.3 Å². The average molecular weight is 155 g/mol. The van der Waals surface area contributed by atoms with Crippen LogP contribution in [-0.4, -0.2) is 23.4 Å². The van der Waals surface area contributed by atoms with E-state index in [1.807, 2.05) is 17.8 Å². The van der Waals surface area contributed by atoms with E-state index in [0.717, 1.165) is 13.0 Å². The van der Waals surface area contributed by atoms with Gasteiger partial charge in [0, 0.05) is 31.9 Å². The summed E-state index contributed by atoms with van der Waals surface area (Å²) in [5.41, 5.74) is 3.98. The first-order valence-electron chi connectivity index (χ1n) is 3.57. The van der Waals surface area contributed by atoms with Gasteiger partial charge in [0.05, 0.1) is 7.11 Å². The highest BCUT2D eigenvalue weighted by Gasteiger charge is 1.95. The second-order valence-electron chi connectivity index (χ2n) is 2.29. The zero-order valence-corrected chi connectivity index (χ0v) is 6.87. The summed E-state index contributed by atoms with van der Waals surface area (Å²) in [5.74, 6) is 0. The third-order valence-electron chi connectivity index (χ3n) is 1.55. The van der Waals surface area contributed by atoms with E-state index >= 15 is 0 Å². The fraction of sp³-hybridized carbons (Fsp3) is 0.571. The van der Waals surface area contributed by atoms with E-state index in [0.29, 0.717) is 0 Å². The van der Waals surface area contributed by atoms with Crippen molar-refractivity contribution in [3.8, 4) is 0 Å².